The molecule has 0 saturated heterocycles. The maximum absolute atomic E-state index is 11.8. The smallest absolute Gasteiger partial charge is 0.359 e. The van der Waals surface area contributed by atoms with Crippen LogP contribution in [0.1, 0.15) is 16.7 Å². The molecule has 0 saturated carbocycles. The molecule has 0 aliphatic heterocycles. The summed E-state index contributed by atoms with van der Waals surface area (Å²) in [4.78, 5) is 9.32. The Balaban J connectivity index is 2.09. The minimum absolute atomic E-state index is 0.173. The number of azo groups is 1. The highest BCUT2D eigenvalue weighted by Gasteiger charge is 2.42. The molecule has 0 amide bonds. The van der Waals surface area contributed by atoms with Crippen LogP contribution in [-0.2, 0) is 0 Å². The van der Waals surface area contributed by atoms with E-state index in [-0.39, 0.29) is 4.90 Å². The lowest BCUT2D eigenvalue weighted by atomic mass is 10.1. The lowest BCUT2D eigenvalue weighted by Gasteiger charge is -2.04. The molecule has 0 spiro atoms. The lowest BCUT2D eigenvalue weighted by Crippen LogP contribution is -2.28. The average molecular weight is 361 g/mol. The molecule has 0 aliphatic carbocycles. The van der Waals surface area contributed by atoms with Gasteiger partial charge in [-0.15, -0.1) is 5.11 Å². The molecule has 0 N–H and O–H groups in total. The first-order valence-electron chi connectivity index (χ1n) is 7.13. The Labute approximate surface area is 144 Å². The Morgan fingerprint density at radius 2 is 1.65 bits per heavy atom. The first-order valence-corrected chi connectivity index (χ1v) is 7.13. The van der Waals surface area contributed by atoms with Crippen molar-refractivity contribution >= 4 is 17.3 Å². The summed E-state index contributed by atoms with van der Waals surface area (Å²) in [5.41, 5.74) is 1.99. The highest BCUT2D eigenvalue weighted by atomic mass is 16.8. The minimum atomic E-state index is -1.10. The summed E-state index contributed by atoms with van der Waals surface area (Å²) in [6.07, 6.45) is 0. The van der Waals surface area contributed by atoms with Gasteiger partial charge in [-0.05, 0) is 36.8 Å². The zero-order valence-electron chi connectivity index (χ0n) is 13.7. The van der Waals surface area contributed by atoms with E-state index in [1.165, 1.54) is 0 Å². The highest BCUT2D eigenvalue weighted by molar-refractivity contribution is 5.67. The van der Waals surface area contributed by atoms with Gasteiger partial charge in [0, 0.05) is 4.92 Å². The van der Waals surface area contributed by atoms with E-state index in [0.29, 0.717) is 5.69 Å². The Bertz CT molecular complexity index is 1010. The van der Waals surface area contributed by atoms with Crippen LogP contribution in [0, 0.1) is 41.3 Å². The summed E-state index contributed by atoms with van der Waals surface area (Å²) in [7, 11) is 0. The molecule has 3 aromatic rings. The predicted octanol–water partition coefficient (Wildman–Crippen LogP) is 1.85. The van der Waals surface area contributed by atoms with Crippen LogP contribution in [0.4, 0.5) is 17.3 Å². The van der Waals surface area contributed by atoms with E-state index in [2.05, 4.69) is 29.8 Å². The van der Waals surface area contributed by atoms with Gasteiger partial charge in [-0.1, -0.05) is 22.8 Å². The summed E-state index contributed by atoms with van der Waals surface area (Å²) in [5.74, 6) is -1.49. The Hall–Kier alpha value is -3.90. The van der Waals surface area contributed by atoms with Crippen molar-refractivity contribution < 1.29 is 24.0 Å². The first kappa shape index (κ1) is 16.9. The van der Waals surface area contributed by atoms with Crippen molar-refractivity contribution in [2.45, 2.75) is 20.8 Å². The number of hydrogen-bond donors (Lipinski definition) is 0. The molecule has 0 atom stereocenters. The van der Waals surface area contributed by atoms with Gasteiger partial charge in [0.1, 0.15) is 5.16 Å². The van der Waals surface area contributed by atoms with Gasteiger partial charge in [0.15, 0.2) is 0 Å². The van der Waals surface area contributed by atoms with Crippen molar-refractivity contribution in [3.63, 3.8) is 0 Å². The monoisotopic (exact) mass is 361 g/mol. The predicted molar refractivity (Wildman–Crippen MR) is 81.4 cm³/mol. The van der Waals surface area contributed by atoms with E-state index < -0.39 is 32.8 Å². The van der Waals surface area contributed by atoms with Crippen molar-refractivity contribution in [2.75, 3.05) is 0 Å². The third kappa shape index (κ3) is 2.81. The van der Waals surface area contributed by atoms with Gasteiger partial charge in [-0.25, -0.2) is 0 Å². The van der Waals surface area contributed by atoms with Crippen LogP contribution in [-0.4, -0.2) is 15.2 Å². The Kier molecular flexibility index (Phi) is 4.04. The summed E-state index contributed by atoms with van der Waals surface area (Å²) in [5, 5.41) is 48.6. The Morgan fingerprint density at radius 3 is 2.27 bits per heavy atom. The molecule has 0 radical (unpaired) electrons. The molecule has 26 heavy (non-hydrogen) atoms. The number of rotatable bonds is 4. The van der Waals surface area contributed by atoms with E-state index in [4.69, 9.17) is 0 Å². The number of nitro groups is 1. The fourth-order valence-corrected chi connectivity index (χ4v) is 2.47. The van der Waals surface area contributed by atoms with E-state index >= 15 is 0 Å². The molecule has 1 aromatic carbocycles. The van der Waals surface area contributed by atoms with Crippen molar-refractivity contribution in [1.82, 2.24) is 10.3 Å². The topological polar surface area (TPSA) is 174 Å². The number of aryl methyl sites for hydroxylation is 3. The summed E-state index contributed by atoms with van der Waals surface area (Å²) in [6, 6.07) is 3.78. The molecule has 2 aromatic heterocycles. The Morgan fingerprint density at radius 1 is 1.04 bits per heavy atom. The summed E-state index contributed by atoms with van der Waals surface area (Å²) >= 11 is 0. The molecule has 3 rings (SSSR count). The van der Waals surface area contributed by atoms with Crippen molar-refractivity contribution in [3.8, 4) is 11.4 Å². The molecule has 0 bridgehead atoms. The SMILES string of the molecule is Cc1cc(C)c(N=Nc2no[n+]([O-])c2-c2no[n+]([O-])c2[N+](=O)[O-])c(C)c1. The zero-order chi connectivity index (χ0) is 19.0. The van der Waals surface area contributed by atoms with Gasteiger partial charge in [-0.3, -0.25) is 4.63 Å². The van der Waals surface area contributed by atoms with E-state index in [1.807, 2.05) is 32.9 Å². The standard InChI is InChI=1S/C13H11N7O6/c1-6-4-7(2)9(8(3)5-6)14-15-12-11(19(23)26-17-12)10-13(18(21)22)20(24)25-16-10/h4-5H,1-3H3. The number of hydrogen-bond acceptors (Lipinski definition) is 10. The third-order valence-corrected chi connectivity index (χ3v) is 3.46. The van der Waals surface area contributed by atoms with Crippen LogP contribution < -0.4 is 9.81 Å². The zero-order valence-corrected chi connectivity index (χ0v) is 13.7. The molecular weight excluding hydrogens is 350 g/mol. The second-order valence-electron chi connectivity index (χ2n) is 5.41. The van der Waals surface area contributed by atoms with Crippen LogP contribution in [0.5, 0.6) is 0 Å². The number of aromatic nitrogens is 4. The molecule has 0 fully saturated rings. The van der Waals surface area contributed by atoms with Gasteiger partial charge in [0.25, 0.3) is 0 Å². The number of benzene rings is 1. The second-order valence-corrected chi connectivity index (χ2v) is 5.41. The summed E-state index contributed by atoms with van der Waals surface area (Å²) < 4.78 is 8.58. The van der Waals surface area contributed by atoms with Crippen LogP contribution in [0.25, 0.3) is 11.4 Å². The van der Waals surface area contributed by atoms with Crippen LogP contribution in [0.3, 0.4) is 0 Å². The van der Waals surface area contributed by atoms with Crippen LogP contribution in [0.15, 0.2) is 31.6 Å². The summed E-state index contributed by atoms with van der Waals surface area (Å²) in [6.45, 7) is 5.59. The second kappa shape index (κ2) is 6.19. The van der Waals surface area contributed by atoms with Gasteiger partial charge >= 0.3 is 23.0 Å². The van der Waals surface area contributed by atoms with Crippen LogP contribution >= 0.6 is 0 Å². The van der Waals surface area contributed by atoms with Crippen molar-refractivity contribution in [1.29, 1.82) is 0 Å². The molecule has 13 heteroatoms. The van der Waals surface area contributed by atoms with Crippen molar-refractivity contribution in [2.24, 2.45) is 10.2 Å². The van der Waals surface area contributed by atoms with E-state index in [0.717, 1.165) is 16.7 Å². The van der Waals surface area contributed by atoms with E-state index in [1.54, 1.807) is 0 Å². The molecule has 134 valence electrons. The van der Waals surface area contributed by atoms with Gasteiger partial charge in [-0.2, -0.15) is 4.63 Å². The molecular formula is C13H11N7O6. The quantitative estimate of drug-likeness (QED) is 0.293. The molecule has 0 unspecified atom stereocenters. The molecule has 2 heterocycles. The number of nitrogens with zero attached hydrogens (tertiary/aromatic N) is 7. The molecule has 0 aliphatic rings. The highest BCUT2D eigenvalue weighted by Crippen LogP contribution is 2.32. The third-order valence-electron chi connectivity index (χ3n) is 3.46. The van der Waals surface area contributed by atoms with Crippen LogP contribution in [0.2, 0.25) is 0 Å². The van der Waals surface area contributed by atoms with Gasteiger partial charge in [0.05, 0.1) is 15.7 Å². The normalized spacial score (nSPS) is 11.3. The fraction of sp³-hybridized carbons (Fsp3) is 0.231. The average Bonchev–Trinajstić information content (AvgIpc) is 3.08. The lowest BCUT2D eigenvalue weighted by molar-refractivity contribution is -0.825. The van der Waals surface area contributed by atoms with Crippen molar-refractivity contribution in [3.05, 3.63) is 49.4 Å². The first-order chi connectivity index (χ1) is 12.3. The largest absolute Gasteiger partial charge is 0.500 e. The van der Waals surface area contributed by atoms with E-state index in [9.17, 15) is 20.5 Å². The minimum Gasteiger partial charge on any atom is -0.359 e. The van der Waals surface area contributed by atoms with Gasteiger partial charge in [0.2, 0.25) is 0 Å². The maximum Gasteiger partial charge on any atom is 0.500 e. The maximum atomic E-state index is 11.8. The molecule has 13 nitrogen and oxygen atoms in total. The van der Waals surface area contributed by atoms with Gasteiger partial charge < -0.3 is 20.5 Å². The fourth-order valence-electron chi connectivity index (χ4n) is 2.47.